The van der Waals surface area contributed by atoms with Crippen molar-refractivity contribution in [1.29, 1.82) is 0 Å². The van der Waals surface area contributed by atoms with Gasteiger partial charge in [0.25, 0.3) is 0 Å². The van der Waals surface area contributed by atoms with Crippen LogP contribution >= 0.6 is 0 Å². The van der Waals surface area contributed by atoms with Gasteiger partial charge in [0.2, 0.25) is 0 Å². The van der Waals surface area contributed by atoms with Gasteiger partial charge in [0.15, 0.2) is 0 Å². The normalized spacial score (nSPS) is 11.1. The SMILES string of the molecule is O=C(O)c1ccc2nn(C(F)F)cc2c1. The lowest BCUT2D eigenvalue weighted by atomic mass is 10.2. The molecule has 1 aromatic heterocycles. The first kappa shape index (κ1) is 9.57. The van der Waals surface area contributed by atoms with Gasteiger partial charge in [0, 0.05) is 11.6 Å². The lowest BCUT2D eigenvalue weighted by molar-refractivity contribution is 0.0573. The molecular formula is C9H6F2N2O2. The average molecular weight is 212 g/mol. The third-order valence-corrected chi connectivity index (χ3v) is 1.97. The smallest absolute Gasteiger partial charge is 0.335 e. The van der Waals surface area contributed by atoms with Crippen LogP contribution in [0.25, 0.3) is 10.9 Å². The van der Waals surface area contributed by atoms with Gasteiger partial charge in [-0.2, -0.15) is 13.9 Å². The number of fused-ring (bicyclic) bond motifs is 1. The molecule has 1 heterocycles. The Labute approximate surface area is 82.7 Å². The second kappa shape index (κ2) is 3.30. The molecule has 0 atom stereocenters. The highest BCUT2D eigenvalue weighted by atomic mass is 19.3. The summed E-state index contributed by atoms with van der Waals surface area (Å²) in [6, 6.07) is 4.04. The Morgan fingerprint density at radius 1 is 1.47 bits per heavy atom. The lowest BCUT2D eigenvalue weighted by Gasteiger charge is -1.94. The van der Waals surface area contributed by atoms with E-state index < -0.39 is 12.5 Å². The Morgan fingerprint density at radius 2 is 2.20 bits per heavy atom. The van der Waals surface area contributed by atoms with Gasteiger partial charge in [0.05, 0.1) is 11.1 Å². The number of aromatic carboxylic acids is 1. The fourth-order valence-corrected chi connectivity index (χ4v) is 1.28. The average Bonchev–Trinajstić information content (AvgIpc) is 2.59. The Kier molecular flexibility index (Phi) is 2.11. The highest BCUT2D eigenvalue weighted by Crippen LogP contribution is 2.18. The summed E-state index contributed by atoms with van der Waals surface area (Å²) < 4.78 is 25.0. The Bertz CT molecular complexity index is 522. The van der Waals surface area contributed by atoms with Crippen LogP contribution in [-0.2, 0) is 0 Å². The van der Waals surface area contributed by atoms with Crippen molar-refractivity contribution in [2.24, 2.45) is 0 Å². The first-order chi connectivity index (χ1) is 7.08. The molecule has 6 heteroatoms. The van der Waals surface area contributed by atoms with E-state index >= 15 is 0 Å². The summed E-state index contributed by atoms with van der Waals surface area (Å²) >= 11 is 0. The number of aromatic nitrogens is 2. The fraction of sp³-hybridized carbons (Fsp3) is 0.111. The summed E-state index contributed by atoms with van der Waals surface area (Å²) in [5.74, 6) is -1.10. The molecule has 1 N–H and O–H groups in total. The summed E-state index contributed by atoms with van der Waals surface area (Å²) in [5.41, 5.74) is 0.400. The number of hydrogen-bond donors (Lipinski definition) is 1. The van der Waals surface area contributed by atoms with Gasteiger partial charge in [-0.1, -0.05) is 0 Å². The quantitative estimate of drug-likeness (QED) is 0.829. The van der Waals surface area contributed by atoms with E-state index in [0.717, 1.165) is 6.20 Å². The molecule has 0 spiro atoms. The standard InChI is InChI=1S/C9H6F2N2O2/c10-9(11)13-4-6-3-5(8(14)15)1-2-7(6)12-13/h1-4,9H,(H,14,15). The zero-order valence-corrected chi connectivity index (χ0v) is 7.39. The molecule has 0 unspecified atom stereocenters. The van der Waals surface area contributed by atoms with Crippen LogP contribution in [0.4, 0.5) is 8.78 Å². The van der Waals surface area contributed by atoms with Crippen molar-refractivity contribution in [2.45, 2.75) is 6.55 Å². The maximum absolute atomic E-state index is 12.2. The number of carboxylic acids is 1. The highest BCUT2D eigenvalue weighted by Gasteiger charge is 2.10. The monoisotopic (exact) mass is 212 g/mol. The first-order valence-electron chi connectivity index (χ1n) is 4.08. The number of halogens is 2. The van der Waals surface area contributed by atoms with Gasteiger partial charge in [0.1, 0.15) is 0 Å². The Balaban J connectivity index is 2.57. The number of rotatable bonds is 2. The minimum absolute atomic E-state index is 0.0521. The van der Waals surface area contributed by atoms with Crippen molar-refractivity contribution in [3.05, 3.63) is 30.0 Å². The minimum atomic E-state index is -2.72. The van der Waals surface area contributed by atoms with Crippen molar-refractivity contribution in [2.75, 3.05) is 0 Å². The van der Waals surface area contributed by atoms with E-state index in [2.05, 4.69) is 5.10 Å². The molecule has 0 radical (unpaired) electrons. The van der Waals surface area contributed by atoms with E-state index in [9.17, 15) is 13.6 Å². The van der Waals surface area contributed by atoms with E-state index in [1.54, 1.807) is 0 Å². The predicted molar refractivity (Wildman–Crippen MR) is 47.9 cm³/mol. The van der Waals surface area contributed by atoms with E-state index in [1.165, 1.54) is 18.2 Å². The topological polar surface area (TPSA) is 55.1 Å². The van der Waals surface area contributed by atoms with Crippen LogP contribution in [0.5, 0.6) is 0 Å². The molecule has 0 fully saturated rings. The Hall–Kier alpha value is -1.98. The van der Waals surface area contributed by atoms with Crippen LogP contribution < -0.4 is 0 Å². The van der Waals surface area contributed by atoms with Crippen molar-refractivity contribution in [1.82, 2.24) is 9.78 Å². The summed E-state index contributed by atoms with van der Waals surface area (Å²) in [6.07, 6.45) is 1.12. The first-order valence-corrected chi connectivity index (χ1v) is 4.08. The van der Waals surface area contributed by atoms with Crippen LogP contribution in [0.2, 0.25) is 0 Å². The van der Waals surface area contributed by atoms with Gasteiger partial charge < -0.3 is 5.11 Å². The molecule has 4 nitrogen and oxygen atoms in total. The van der Waals surface area contributed by atoms with Crippen molar-refractivity contribution in [3.8, 4) is 0 Å². The number of hydrogen-bond acceptors (Lipinski definition) is 2. The minimum Gasteiger partial charge on any atom is -0.478 e. The molecule has 0 saturated carbocycles. The number of carboxylic acid groups (broad SMARTS) is 1. The largest absolute Gasteiger partial charge is 0.478 e. The maximum atomic E-state index is 12.2. The molecule has 0 bridgehead atoms. The van der Waals surface area contributed by atoms with E-state index in [1.807, 2.05) is 0 Å². The lowest BCUT2D eigenvalue weighted by Crippen LogP contribution is -1.96. The van der Waals surface area contributed by atoms with E-state index in [-0.39, 0.29) is 5.56 Å². The predicted octanol–water partition coefficient (Wildman–Crippen LogP) is 2.13. The zero-order valence-electron chi connectivity index (χ0n) is 7.39. The molecule has 15 heavy (non-hydrogen) atoms. The molecule has 1 aromatic carbocycles. The van der Waals surface area contributed by atoms with Gasteiger partial charge >= 0.3 is 12.5 Å². The van der Waals surface area contributed by atoms with Crippen LogP contribution in [0.1, 0.15) is 16.9 Å². The molecule has 0 aliphatic rings. The molecule has 2 rings (SSSR count). The second-order valence-corrected chi connectivity index (χ2v) is 2.97. The fourth-order valence-electron chi connectivity index (χ4n) is 1.28. The molecule has 0 amide bonds. The van der Waals surface area contributed by atoms with Gasteiger partial charge in [-0.25, -0.2) is 9.48 Å². The van der Waals surface area contributed by atoms with Crippen LogP contribution in [0.3, 0.4) is 0 Å². The zero-order chi connectivity index (χ0) is 11.0. The van der Waals surface area contributed by atoms with E-state index in [0.29, 0.717) is 15.6 Å². The summed E-state index contributed by atoms with van der Waals surface area (Å²) in [5, 5.41) is 12.7. The molecule has 0 aliphatic heterocycles. The van der Waals surface area contributed by atoms with Crippen LogP contribution in [-0.4, -0.2) is 20.9 Å². The number of carbonyl (C=O) groups is 1. The van der Waals surface area contributed by atoms with Gasteiger partial charge in [-0.15, -0.1) is 0 Å². The number of alkyl halides is 2. The Morgan fingerprint density at radius 3 is 2.80 bits per heavy atom. The summed E-state index contributed by atoms with van der Waals surface area (Å²) in [4.78, 5) is 10.6. The molecule has 2 aromatic rings. The molecule has 0 aliphatic carbocycles. The number of benzene rings is 1. The highest BCUT2D eigenvalue weighted by molar-refractivity contribution is 5.93. The van der Waals surface area contributed by atoms with Crippen molar-refractivity contribution in [3.63, 3.8) is 0 Å². The van der Waals surface area contributed by atoms with Gasteiger partial charge in [-0.05, 0) is 18.2 Å². The summed E-state index contributed by atoms with van der Waals surface area (Å²) in [6.45, 7) is -2.72. The molecule has 78 valence electrons. The van der Waals surface area contributed by atoms with Crippen LogP contribution in [0, 0.1) is 0 Å². The van der Waals surface area contributed by atoms with Gasteiger partial charge in [-0.3, -0.25) is 0 Å². The third kappa shape index (κ3) is 1.65. The van der Waals surface area contributed by atoms with Crippen LogP contribution in [0.15, 0.2) is 24.4 Å². The summed E-state index contributed by atoms with van der Waals surface area (Å²) in [7, 11) is 0. The molecule has 0 saturated heterocycles. The number of nitrogens with zero attached hydrogens (tertiary/aromatic N) is 2. The third-order valence-electron chi connectivity index (χ3n) is 1.97. The second-order valence-electron chi connectivity index (χ2n) is 2.97. The van der Waals surface area contributed by atoms with E-state index in [4.69, 9.17) is 5.11 Å². The maximum Gasteiger partial charge on any atom is 0.335 e. The van der Waals surface area contributed by atoms with Crippen molar-refractivity contribution >= 4 is 16.9 Å². The van der Waals surface area contributed by atoms with Crippen molar-refractivity contribution < 1.29 is 18.7 Å². The molecular weight excluding hydrogens is 206 g/mol.